The van der Waals surface area contributed by atoms with Crippen molar-refractivity contribution in [3.05, 3.63) is 29.3 Å². The highest BCUT2D eigenvalue weighted by Crippen LogP contribution is 2.28. The summed E-state index contributed by atoms with van der Waals surface area (Å²) < 4.78 is 0. The molecule has 0 heterocycles. The lowest BCUT2D eigenvalue weighted by molar-refractivity contribution is -0.120. The van der Waals surface area contributed by atoms with Crippen LogP contribution in [0.15, 0.2) is 29.2 Å². The quantitative estimate of drug-likeness (QED) is 0.829. The highest BCUT2D eigenvalue weighted by molar-refractivity contribution is 8.00. The zero-order valence-electron chi connectivity index (χ0n) is 9.78. The first-order valence-corrected chi connectivity index (χ1v) is 7.17. The second kappa shape index (κ2) is 5.78. The molecule has 0 spiro atoms. The first-order valence-electron chi connectivity index (χ1n) is 5.91. The van der Waals surface area contributed by atoms with E-state index < -0.39 is 0 Å². The average molecular weight is 270 g/mol. The average Bonchev–Trinajstić information content (AvgIpc) is 3.12. The van der Waals surface area contributed by atoms with Gasteiger partial charge in [0, 0.05) is 16.0 Å². The van der Waals surface area contributed by atoms with E-state index >= 15 is 0 Å². The summed E-state index contributed by atoms with van der Waals surface area (Å²) in [5, 5.41) is 3.77. The number of hydrogen-bond donors (Lipinski definition) is 1. The predicted octanol–water partition coefficient (Wildman–Crippen LogP) is 3.49. The topological polar surface area (TPSA) is 29.1 Å². The van der Waals surface area contributed by atoms with Crippen LogP contribution in [0.3, 0.4) is 0 Å². The van der Waals surface area contributed by atoms with Gasteiger partial charge in [0.1, 0.15) is 0 Å². The van der Waals surface area contributed by atoms with E-state index in [-0.39, 0.29) is 11.2 Å². The molecule has 1 atom stereocenters. The second-order valence-corrected chi connectivity index (χ2v) is 5.96. The van der Waals surface area contributed by atoms with Crippen molar-refractivity contribution in [2.24, 2.45) is 0 Å². The third kappa shape index (κ3) is 3.93. The SMILES string of the molecule is CCC(Sc1ccc(Cl)cc1)C(=O)NC1CC1. The van der Waals surface area contributed by atoms with Crippen molar-refractivity contribution in [3.63, 3.8) is 0 Å². The van der Waals surface area contributed by atoms with Crippen LogP contribution >= 0.6 is 23.4 Å². The Hall–Kier alpha value is -0.670. The fourth-order valence-corrected chi connectivity index (χ4v) is 2.61. The molecule has 0 bridgehead atoms. The number of halogens is 1. The van der Waals surface area contributed by atoms with Crippen LogP contribution in [-0.2, 0) is 4.79 Å². The van der Waals surface area contributed by atoms with Gasteiger partial charge in [-0.25, -0.2) is 0 Å². The lowest BCUT2D eigenvalue weighted by Gasteiger charge is -2.14. The van der Waals surface area contributed by atoms with E-state index in [9.17, 15) is 4.79 Å². The maximum Gasteiger partial charge on any atom is 0.233 e. The van der Waals surface area contributed by atoms with Crippen LogP contribution < -0.4 is 5.32 Å². The van der Waals surface area contributed by atoms with Crippen LogP contribution in [-0.4, -0.2) is 17.2 Å². The van der Waals surface area contributed by atoms with Crippen molar-refractivity contribution in [2.75, 3.05) is 0 Å². The largest absolute Gasteiger partial charge is 0.352 e. The molecule has 2 rings (SSSR count). The molecule has 1 unspecified atom stereocenters. The Morgan fingerprint density at radius 3 is 2.65 bits per heavy atom. The minimum atomic E-state index is -0.00299. The third-order valence-electron chi connectivity index (χ3n) is 2.68. The van der Waals surface area contributed by atoms with Gasteiger partial charge in [-0.15, -0.1) is 11.8 Å². The van der Waals surface area contributed by atoms with Crippen molar-refractivity contribution in [2.45, 2.75) is 42.4 Å². The van der Waals surface area contributed by atoms with Crippen molar-refractivity contribution in [3.8, 4) is 0 Å². The zero-order chi connectivity index (χ0) is 12.3. The molecule has 2 nitrogen and oxygen atoms in total. The smallest absolute Gasteiger partial charge is 0.233 e. The first kappa shape index (κ1) is 12.8. The molecule has 1 aromatic rings. The van der Waals surface area contributed by atoms with Gasteiger partial charge in [-0.3, -0.25) is 4.79 Å². The molecular formula is C13H16ClNOS. The molecule has 92 valence electrons. The molecule has 0 aliphatic heterocycles. The molecule has 1 aliphatic rings. The van der Waals surface area contributed by atoms with Gasteiger partial charge in [-0.2, -0.15) is 0 Å². The summed E-state index contributed by atoms with van der Waals surface area (Å²) in [5.41, 5.74) is 0. The van der Waals surface area contributed by atoms with E-state index in [1.165, 1.54) is 0 Å². The number of nitrogens with one attached hydrogen (secondary N) is 1. The van der Waals surface area contributed by atoms with E-state index in [4.69, 9.17) is 11.6 Å². The zero-order valence-corrected chi connectivity index (χ0v) is 11.4. The number of carbonyl (C=O) groups is 1. The number of rotatable bonds is 5. The number of carbonyl (C=O) groups excluding carboxylic acids is 1. The standard InChI is InChI=1S/C13H16ClNOS/c1-2-12(13(16)15-10-5-6-10)17-11-7-3-9(14)4-8-11/h3-4,7-8,10,12H,2,5-6H2,1H3,(H,15,16). The van der Waals surface area contributed by atoms with Gasteiger partial charge >= 0.3 is 0 Å². The van der Waals surface area contributed by atoms with Crippen LogP contribution in [0.25, 0.3) is 0 Å². The molecule has 0 radical (unpaired) electrons. The van der Waals surface area contributed by atoms with Crippen molar-refractivity contribution >= 4 is 29.3 Å². The maximum atomic E-state index is 11.9. The summed E-state index contributed by atoms with van der Waals surface area (Å²) in [6, 6.07) is 8.06. The van der Waals surface area contributed by atoms with Crippen LogP contribution in [0, 0.1) is 0 Å². The van der Waals surface area contributed by atoms with Gasteiger partial charge in [0.15, 0.2) is 0 Å². The van der Waals surface area contributed by atoms with Gasteiger partial charge in [0.05, 0.1) is 5.25 Å². The highest BCUT2D eigenvalue weighted by Gasteiger charge is 2.27. The Labute approximate surface area is 111 Å². The molecule has 4 heteroatoms. The number of amides is 1. The lowest BCUT2D eigenvalue weighted by Crippen LogP contribution is -2.33. The van der Waals surface area contributed by atoms with Crippen LogP contribution in [0.5, 0.6) is 0 Å². The molecule has 0 saturated heterocycles. The van der Waals surface area contributed by atoms with Gasteiger partial charge in [0.25, 0.3) is 0 Å². The van der Waals surface area contributed by atoms with Crippen molar-refractivity contribution < 1.29 is 4.79 Å². The fourth-order valence-electron chi connectivity index (χ4n) is 1.52. The van der Waals surface area contributed by atoms with Crippen molar-refractivity contribution in [1.29, 1.82) is 0 Å². The van der Waals surface area contributed by atoms with Crippen LogP contribution in [0.2, 0.25) is 5.02 Å². The normalized spacial score (nSPS) is 16.6. The molecule has 1 aliphatic carbocycles. The second-order valence-electron chi connectivity index (χ2n) is 4.25. The highest BCUT2D eigenvalue weighted by atomic mass is 35.5. The molecule has 1 N–H and O–H groups in total. The Balaban J connectivity index is 1.93. The predicted molar refractivity (Wildman–Crippen MR) is 72.6 cm³/mol. The number of thioether (sulfide) groups is 1. The van der Waals surface area contributed by atoms with Crippen LogP contribution in [0.4, 0.5) is 0 Å². The molecule has 1 aromatic carbocycles. The first-order chi connectivity index (χ1) is 8.19. The van der Waals surface area contributed by atoms with Crippen molar-refractivity contribution in [1.82, 2.24) is 5.32 Å². The van der Waals surface area contributed by atoms with Crippen LogP contribution in [0.1, 0.15) is 26.2 Å². The molecule has 1 fully saturated rings. The monoisotopic (exact) mass is 269 g/mol. The van der Waals surface area contributed by atoms with E-state index in [2.05, 4.69) is 5.32 Å². The molecule has 1 amide bonds. The van der Waals surface area contributed by atoms with Gasteiger partial charge < -0.3 is 5.32 Å². The summed E-state index contributed by atoms with van der Waals surface area (Å²) in [7, 11) is 0. The summed E-state index contributed by atoms with van der Waals surface area (Å²) in [6.45, 7) is 2.04. The number of hydrogen-bond acceptors (Lipinski definition) is 2. The Kier molecular flexibility index (Phi) is 4.35. The molecule has 0 aromatic heterocycles. The molecule has 17 heavy (non-hydrogen) atoms. The van der Waals surface area contributed by atoms with E-state index in [0.717, 1.165) is 29.2 Å². The Morgan fingerprint density at radius 2 is 2.12 bits per heavy atom. The maximum absolute atomic E-state index is 11.9. The van der Waals surface area contributed by atoms with Gasteiger partial charge in [-0.1, -0.05) is 18.5 Å². The molecule has 1 saturated carbocycles. The number of benzene rings is 1. The van der Waals surface area contributed by atoms with Gasteiger partial charge in [0.2, 0.25) is 5.91 Å². The Bertz CT molecular complexity index is 389. The van der Waals surface area contributed by atoms with E-state index in [1.54, 1.807) is 11.8 Å². The summed E-state index contributed by atoms with van der Waals surface area (Å²) in [4.78, 5) is 13.0. The summed E-state index contributed by atoms with van der Waals surface area (Å²) in [5.74, 6) is 0.162. The Morgan fingerprint density at radius 1 is 1.47 bits per heavy atom. The molecular weight excluding hydrogens is 254 g/mol. The fraction of sp³-hybridized carbons (Fsp3) is 0.462. The minimum absolute atomic E-state index is 0.00299. The summed E-state index contributed by atoms with van der Waals surface area (Å²) >= 11 is 7.44. The minimum Gasteiger partial charge on any atom is -0.352 e. The van der Waals surface area contributed by atoms with E-state index in [0.29, 0.717) is 6.04 Å². The summed E-state index contributed by atoms with van der Waals surface area (Å²) in [6.07, 6.45) is 3.10. The lowest BCUT2D eigenvalue weighted by atomic mass is 10.3. The third-order valence-corrected chi connectivity index (χ3v) is 4.31. The van der Waals surface area contributed by atoms with Gasteiger partial charge in [-0.05, 0) is 43.5 Å². The van der Waals surface area contributed by atoms with E-state index in [1.807, 2.05) is 31.2 Å².